The number of carboxylic acid groups (broad SMARTS) is 1. The maximum absolute atomic E-state index is 13.1. The van der Waals surface area contributed by atoms with Crippen molar-refractivity contribution in [2.45, 2.75) is 36.4 Å². The van der Waals surface area contributed by atoms with E-state index >= 15 is 0 Å². The third-order valence-electron chi connectivity index (χ3n) is 6.04. The van der Waals surface area contributed by atoms with E-state index in [-0.39, 0.29) is 16.9 Å². The fourth-order valence-electron chi connectivity index (χ4n) is 4.38. The van der Waals surface area contributed by atoms with Gasteiger partial charge in [-0.1, -0.05) is 6.42 Å². The molecule has 0 spiro atoms. The molecule has 12 heteroatoms. The molecule has 3 aliphatic rings. The molecule has 180 valence electrons. The van der Waals surface area contributed by atoms with Crippen LogP contribution in [0, 0.1) is 17.7 Å². The summed E-state index contributed by atoms with van der Waals surface area (Å²) in [6.45, 7) is 4.93. The number of hydrogen-bond acceptors (Lipinski definition) is 5. The molecule has 4 rings (SSSR count). The first kappa shape index (κ1) is 24.9. The predicted octanol–water partition coefficient (Wildman–Crippen LogP) is 2.58. The molecule has 0 saturated carbocycles. The molecule has 0 aromatic heterocycles. The quantitative estimate of drug-likeness (QED) is 0.664. The third kappa shape index (κ3) is 5.97. The molecule has 0 aliphatic carbocycles. The Morgan fingerprint density at radius 2 is 1.69 bits per heavy atom. The highest BCUT2D eigenvalue weighted by molar-refractivity contribution is 7.89. The molecule has 32 heavy (non-hydrogen) atoms. The number of likely N-dealkylation sites (tertiary alicyclic amines) is 1. The van der Waals surface area contributed by atoms with Gasteiger partial charge in [0.05, 0.1) is 17.6 Å². The van der Waals surface area contributed by atoms with Crippen LogP contribution >= 0.6 is 0 Å². The van der Waals surface area contributed by atoms with E-state index in [1.807, 2.05) is 0 Å². The molecule has 0 amide bonds. The third-order valence-corrected chi connectivity index (χ3v) is 7.89. The lowest BCUT2D eigenvalue weighted by Gasteiger charge is -2.30. The monoisotopic (exact) mass is 482 g/mol. The molecule has 1 aromatic carbocycles. The number of benzene rings is 1. The van der Waals surface area contributed by atoms with E-state index in [0.29, 0.717) is 19.0 Å². The van der Waals surface area contributed by atoms with Gasteiger partial charge in [0.25, 0.3) is 0 Å². The minimum atomic E-state index is -5.08. The summed E-state index contributed by atoms with van der Waals surface area (Å²) in [6, 6.07) is 5.06. The number of alkyl halides is 3. The zero-order valence-corrected chi connectivity index (χ0v) is 18.1. The number of fused-ring (bicyclic) bond motifs is 1. The molecule has 1 N–H and O–H groups in total. The van der Waals surface area contributed by atoms with E-state index in [1.165, 1.54) is 47.8 Å². The van der Waals surface area contributed by atoms with Crippen LogP contribution in [-0.4, -0.2) is 80.3 Å². The lowest BCUT2D eigenvalue weighted by molar-refractivity contribution is -0.192. The number of carboxylic acids is 1. The van der Waals surface area contributed by atoms with Crippen LogP contribution in [0.15, 0.2) is 29.2 Å². The van der Waals surface area contributed by atoms with E-state index in [2.05, 4.69) is 4.90 Å². The average molecular weight is 482 g/mol. The number of piperidine rings is 1. The summed E-state index contributed by atoms with van der Waals surface area (Å²) in [6.07, 6.45) is -1.27. The molecular weight excluding hydrogens is 456 g/mol. The Balaban J connectivity index is 0.000000360. The highest BCUT2D eigenvalue weighted by atomic mass is 32.2. The van der Waals surface area contributed by atoms with Gasteiger partial charge in [-0.2, -0.15) is 17.5 Å². The molecule has 3 atom stereocenters. The van der Waals surface area contributed by atoms with E-state index in [0.717, 1.165) is 26.2 Å². The summed E-state index contributed by atoms with van der Waals surface area (Å²) in [4.78, 5) is 11.5. The standard InChI is InChI=1S/C18H25FN2O3S.C2HF3O2/c19-15-4-6-16(7-5-15)25(22,23)21-11-17-14(13-24-18(17)12-21)10-20-8-2-1-3-9-20;3-2(4,5)1(6)7/h4-7,14,17-18H,1-3,8-13H2;(H,6,7)/t14-,17+,18+;/m0./s1. The highest BCUT2D eigenvalue weighted by Crippen LogP contribution is 2.37. The summed E-state index contributed by atoms with van der Waals surface area (Å²) < 4.78 is 77.9. The van der Waals surface area contributed by atoms with E-state index in [4.69, 9.17) is 14.6 Å². The smallest absolute Gasteiger partial charge is 0.475 e. The Bertz CT molecular complexity index is 888. The van der Waals surface area contributed by atoms with E-state index < -0.39 is 28.0 Å². The zero-order chi connectivity index (χ0) is 23.5. The number of sulfonamides is 1. The Hall–Kier alpha value is -1.76. The van der Waals surface area contributed by atoms with Crippen molar-refractivity contribution >= 4 is 16.0 Å². The number of halogens is 4. The van der Waals surface area contributed by atoms with Crippen LogP contribution in [0.4, 0.5) is 17.6 Å². The molecule has 3 saturated heterocycles. The number of aliphatic carboxylic acids is 1. The summed E-state index contributed by atoms with van der Waals surface area (Å²) in [7, 11) is -3.58. The number of rotatable bonds is 4. The molecule has 3 aliphatic heterocycles. The minimum absolute atomic E-state index is 0.00925. The van der Waals surface area contributed by atoms with Crippen LogP contribution in [0.5, 0.6) is 0 Å². The van der Waals surface area contributed by atoms with Crippen molar-refractivity contribution in [3.63, 3.8) is 0 Å². The first-order valence-corrected chi connectivity index (χ1v) is 11.8. The van der Waals surface area contributed by atoms with Crippen LogP contribution in [-0.2, 0) is 19.6 Å². The summed E-state index contributed by atoms with van der Waals surface area (Å²) in [5.41, 5.74) is 0. The fourth-order valence-corrected chi connectivity index (χ4v) is 5.87. The van der Waals surface area contributed by atoms with Gasteiger partial charge in [0.1, 0.15) is 5.82 Å². The van der Waals surface area contributed by atoms with Crippen LogP contribution in [0.3, 0.4) is 0 Å². The van der Waals surface area contributed by atoms with Gasteiger partial charge in [-0.15, -0.1) is 0 Å². The fraction of sp³-hybridized carbons (Fsp3) is 0.650. The molecule has 0 unspecified atom stereocenters. The van der Waals surface area contributed by atoms with Crippen molar-refractivity contribution < 1.29 is 40.6 Å². The highest BCUT2D eigenvalue weighted by Gasteiger charge is 2.47. The van der Waals surface area contributed by atoms with Crippen molar-refractivity contribution in [2.24, 2.45) is 11.8 Å². The lowest BCUT2D eigenvalue weighted by Crippen LogP contribution is -2.38. The van der Waals surface area contributed by atoms with E-state index in [1.54, 1.807) is 0 Å². The van der Waals surface area contributed by atoms with Crippen LogP contribution < -0.4 is 0 Å². The maximum Gasteiger partial charge on any atom is 0.490 e. The maximum atomic E-state index is 13.1. The zero-order valence-electron chi connectivity index (χ0n) is 17.3. The van der Waals surface area contributed by atoms with Gasteiger partial charge in [0.15, 0.2) is 0 Å². The second kappa shape index (κ2) is 10.0. The van der Waals surface area contributed by atoms with Crippen molar-refractivity contribution in [2.75, 3.05) is 39.3 Å². The van der Waals surface area contributed by atoms with Gasteiger partial charge in [-0.3, -0.25) is 0 Å². The normalized spacial score (nSPS) is 26.9. The number of ether oxygens (including phenoxy) is 1. The Labute approximate surface area is 184 Å². The van der Waals surface area contributed by atoms with Crippen molar-refractivity contribution in [3.8, 4) is 0 Å². The topological polar surface area (TPSA) is 87.1 Å². The SMILES string of the molecule is O=C(O)C(F)(F)F.O=S(=O)(c1ccc(F)cc1)N1C[C@@H]2[C@@H](CN3CCCCC3)CO[C@@H]2C1. The molecule has 3 heterocycles. The number of nitrogens with zero attached hydrogens (tertiary/aromatic N) is 2. The van der Waals surface area contributed by atoms with Gasteiger partial charge < -0.3 is 14.7 Å². The first-order chi connectivity index (χ1) is 15.0. The largest absolute Gasteiger partial charge is 0.490 e. The molecule has 1 aromatic rings. The molecule has 0 radical (unpaired) electrons. The Morgan fingerprint density at radius 3 is 2.25 bits per heavy atom. The number of hydrogen-bond donors (Lipinski definition) is 1. The first-order valence-electron chi connectivity index (χ1n) is 10.4. The van der Waals surface area contributed by atoms with Gasteiger partial charge in [-0.25, -0.2) is 17.6 Å². The van der Waals surface area contributed by atoms with Gasteiger partial charge in [-0.05, 0) is 50.2 Å². The van der Waals surface area contributed by atoms with E-state index in [9.17, 15) is 26.0 Å². The van der Waals surface area contributed by atoms with Crippen molar-refractivity contribution in [1.82, 2.24) is 9.21 Å². The second-order valence-corrected chi connectivity index (χ2v) is 10.2. The van der Waals surface area contributed by atoms with Crippen LogP contribution in [0.25, 0.3) is 0 Å². The van der Waals surface area contributed by atoms with Gasteiger partial charge >= 0.3 is 12.1 Å². The van der Waals surface area contributed by atoms with Crippen LogP contribution in [0.2, 0.25) is 0 Å². The Kier molecular flexibility index (Phi) is 7.79. The lowest BCUT2D eigenvalue weighted by atomic mass is 9.92. The van der Waals surface area contributed by atoms with Crippen molar-refractivity contribution in [3.05, 3.63) is 30.1 Å². The average Bonchev–Trinajstić information content (AvgIpc) is 3.31. The molecule has 3 fully saturated rings. The predicted molar refractivity (Wildman–Crippen MR) is 106 cm³/mol. The summed E-state index contributed by atoms with van der Waals surface area (Å²) >= 11 is 0. The Morgan fingerprint density at radius 1 is 1.09 bits per heavy atom. The molecule has 7 nitrogen and oxygen atoms in total. The molecule has 0 bridgehead atoms. The second-order valence-electron chi connectivity index (χ2n) is 8.24. The summed E-state index contributed by atoms with van der Waals surface area (Å²) in [5.74, 6) is -2.52. The minimum Gasteiger partial charge on any atom is -0.475 e. The van der Waals surface area contributed by atoms with Gasteiger partial charge in [0.2, 0.25) is 10.0 Å². The van der Waals surface area contributed by atoms with Gasteiger partial charge in [0, 0.05) is 31.5 Å². The van der Waals surface area contributed by atoms with Crippen LogP contribution in [0.1, 0.15) is 19.3 Å². The van der Waals surface area contributed by atoms with Crippen molar-refractivity contribution in [1.29, 1.82) is 0 Å². The molecular formula is C20H26F4N2O5S. The summed E-state index contributed by atoms with van der Waals surface area (Å²) in [5, 5.41) is 7.12. The number of carbonyl (C=O) groups is 1.